The molecule has 1 aliphatic carbocycles. The van der Waals surface area contributed by atoms with Gasteiger partial charge in [0.1, 0.15) is 11.5 Å². The van der Waals surface area contributed by atoms with E-state index in [9.17, 15) is 9.59 Å². The molecule has 1 heterocycles. The smallest absolute Gasteiger partial charge is 0.196 e. The fraction of sp³-hybridized carbons (Fsp3) is 0.412. The van der Waals surface area contributed by atoms with Crippen LogP contribution in [0.3, 0.4) is 0 Å². The average molecular weight is 302 g/mol. The van der Waals surface area contributed by atoms with Crippen molar-refractivity contribution in [3.05, 3.63) is 34.4 Å². The molecule has 0 fully saturated rings. The number of ketones is 2. The van der Waals surface area contributed by atoms with Gasteiger partial charge in [-0.1, -0.05) is 0 Å². The van der Waals surface area contributed by atoms with Gasteiger partial charge in [-0.15, -0.1) is 0 Å². The maximum Gasteiger partial charge on any atom is 0.196 e. The lowest BCUT2D eigenvalue weighted by molar-refractivity contribution is 0.0148. The summed E-state index contributed by atoms with van der Waals surface area (Å²) >= 11 is 0. The Kier molecular flexibility index (Phi) is 3.53. The second-order valence-electron chi connectivity index (χ2n) is 5.60. The van der Waals surface area contributed by atoms with Gasteiger partial charge in [0.2, 0.25) is 0 Å². The van der Waals surface area contributed by atoms with Gasteiger partial charge in [0.05, 0.1) is 32.0 Å². The minimum atomic E-state index is -0.393. The zero-order valence-corrected chi connectivity index (χ0v) is 13.1. The number of methoxy groups -OCH3 is 2. The SMILES string of the molecule is COc1cc(OC)c2c(c1)C(=O)C1=C(C2=O)[C@@H](C)O[C@@H](C)C1. The summed E-state index contributed by atoms with van der Waals surface area (Å²) in [5, 5.41) is 0. The van der Waals surface area contributed by atoms with Crippen molar-refractivity contribution in [3.63, 3.8) is 0 Å². The minimum absolute atomic E-state index is 0.0837. The van der Waals surface area contributed by atoms with Gasteiger partial charge in [-0.2, -0.15) is 0 Å². The molecule has 1 aliphatic heterocycles. The van der Waals surface area contributed by atoms with E-state index in [1.807, 2.05) is 6.92 Å². The lowest BCUT2D eigenvalue weighted by Crippen LogP contribution is -2.36. The van der Waals surface area contributed by atoms with Crippen molar-refractivity contribution >= 4 is 11.6 Å². The molecule has 0 bridgehead atoms. The Hall–Kier alpha value is -2.14. The Morgan fingerprint density at radius 2 is 1.82 bits per heavy atom. The first-order valence-electron chi connectivity index (χ1n) is 7.21. The van der Waals surface area contributed by atoms with Crippen LogP contribution in [0.5, 0.6) is 11.5 Å². The van der Waals surface area contributed by atoms with Crippen LogP contribution in [0, 0.1) is 0 Å². The van der Waals surface area contributed by atoms with E-state index in [0.29, 0.717) is 40.2 Å². The van der Waals surface area contributed by atoms with Crippen LogP contribution in [0.15, 0.2) is 23.3 Å². The number of Topliss-reactive ketones (excluding diaryl/α,β-unsaturated/α-hetero) is 2. The Bertz CT molecular complexity index is 701. The number of benzene rings is 1. The van der Waals surface area contributed by atoms with Gasteiger partial charge in [0.15, 0.2) is 11.6 Å². The zero-order chi connectivity index (χ0) is 16.0. The highest BCUT2D eigenvalue weighted by molar-refractivity contribution is 6.28. The van der Waals surface area contributed by atoms with Gasteiger partial charge < -0.3 is 14.2 Å². The van der Waals surface area contributed by atoms with E-state index in [1.54, 1.807) is 19.1 Å². The van der Waals surface area contributed by atoms with Gasteiger partial charge >= 0.3 is 0 Å². The number of carbonyl (C=O) groups excluding carboxylic acids is 2. The lowest BCUT2D eigenvalue weighted by Gasteiger charge is -2.33. The Morgan fingerprint density at radius 1 is 1.09 bits per heavy atom. The van der Waals surface area contributed by atoms with Crippen LogP contribution >= 0.6 is 0 Å². The Balaban J connectivity index is 2.24. The molecule has 0 radical (unpaired) electrons. The summed E-state index contributed by atoms with van der Waals surface area (Å²) in [5.41, 5.74) is 1.66. The molecule has 0 spiro atoms. The largest absolute Gasteiger partial charge is 0.497 e. The van der Waals surface area contributed by atoms with Crippen molar-refractivity contribution in [3.8, 4) is 11.5 Å². The van der Waals surface area contributed by atoms with E-state index in [2.05, 4.69) is 0 Å². The molecule has 0 aromatic heterocycles. The maximum absolute atomic E-state index is 12.9. The first kappa shape index (κ1) is 14.8. The molecule has 1 aromatic carbocycles. The van der Waals surface area contributed by atoms with E-state index in [1.165, 1.54) is 14.2 Å². The standard InChI is InChI=1S/C17H18O5/c1-8-5-11-14(9(2)22-8)17(19)15-12(16(11)18)6-10(20-3)7-13(15)21-4/h6-9H,5H2,1-4H3/t8-,9+/m0/s1. The molecular weight excluding hydrogens is 284 g/mol. The van der Waals surface area contributed by atoms with E-state index >= 15 is 0 Å². The van der Waals surface area contributed by atoms with Crippen molar-refractivity contribution in [2.75, 3.05) is 14.2 Å². The van der Waals surface area contributed by atoms with Crippen LogP contribution in [0.1, 0.15) is 41.0 Å². The van der Waals surface area contributed by atoms with Crippen molar-refractivity contribution in [2.45, 2.75) is 32.5 Å². The second kappa shape index (κ2) is 5.25. The van der Waals surface area contributed by atoms with Crippen LogP contribution in [0.25, 0.3) is 0 Å². The maximum atomic E-state index is 12.9. The summed E-state index contributed by atoms with van der Waals surface area (Å²) < 4.78 is 16.2. The summed E-state index contributed by atoms with van der Waals surface area (Å²) in [6.45, 7) is 3.71. The second-order valence-corrected chi connectivity index (χ2v) is 5.60. The molecule has 22 heavy (non-hydrogen) atoms. The molecule has 2 atom stereocenters. The third-order valence-electron chi connectivity index (χ3n) is 4.18. The highest BCUT2D eigenvalue weighted by Gasteiger charge is 2.40. The van der Waals surface area contributed by atoms with Gasteiger partial charge in [-0.3, -0.25) is 9.59 Å². The molecule has 5 nitrogen and oxygen atoms in total. The van der Waals surface area contributed by atoms with E-state index < -0.39 is 6.10 Å². The van der Waals surface area contributed by atoms with E-state index in [4.69, 9.17) is 14.2 Å². The number of fused-ring (bicyclic) bond motifs is 1. The van der Waals surface area contributed by atoms with Crippen molar-refractivity contribution in [2.24, 2.45) is 0 Å². The van der Waals surface area contributed by atoms with Crippen LogP contribution in [0.4, 0.5) is 0 Å². The summed E-state index contributed by atoms with van der Waals surface area (Å²) in [7, 11) is 2.99. The van der Waals surface area contributed by atoms with E-state index in [0.717, 1.165) is 0 Å². The summed E-state index contributed by atoms with van der Waals surface area (Å²) in [6, 6.07) is 3.22. The summed E-state index contributed by atoms with van der Waals surface area (Å²) in [4.78, 5) is 25.7. The average Bonchev–Trinajstić information content (AvgIpc) is 2.50. The quantitative estimate of drug-likeness (QED) is 0.840. The molecule has 1 aromatic rings. The normalized spacial score (nSPS) is 24.0. The molecule has 0 saturated heterocycles. The van der Waals surface area contributed by atoms with Crippen molar-refractivity contribution < 1.29 is 23.8 Å². The summed E-state index contributed by atoms with van der Waals surface area (Å²) in [6.07, 6.45) is -0.0295. The third kappa shape index (κ3) is 2.04. The topological polar surface area (TPSA) is 61.8 Å². The molecule has 5 heteroatoms. The van der Waals surface area contributed by atoms with Crippen LogP contribution < -0.4 is 9.47 Å². The minimum Gasteiger partial charge on any atom is -0.497 e. The Morgan fingerprint density at radius 3 is 2.45 bits per heavy atom. The molecule has 0 saturated carbocycles. The summed E-state index contributed by atoms with van der Waals surface area (Å²) in [5.74, 6) is 0.520. The first-order chi connectivity index (χ1) is 10.5. The van der Waals surface area contributed by atoms with E-state index in [-0.39, 0.29) is 17.7 Å². The number of hydrogen-bond acceptors (Lipinski definition) is 5. The molecule has 116 valence electrons. The Labute approximate surface area is 128 Å². The fourth-order valence-corrected chi connectivity index (χ4v) is 3.22. The highest BCUT2D eigenvalue weighted by Crippen LogP contribution is 2.40. The van der Waals surface area contributed by atoms with Crippen LogP contribution in [0.2, 0.25) is 0 Å². The van der Waals surface area contributed by atoms with Gasteiger partial charge in [-0.05, 0) is 19.9 Å². The third-order valence-corrected chi connectivity index (χ3v) is 4.18. The molecule has 0 unspecified atom stereocenters. The number of carbonyl (C=O) groups is 2. The van der Waals surface area contributed by atoms with Crippen LogP contribution in [-0.2, 0) is 4.74 Å². The number of rotatable bonds is 2. The van der Waals surface area contributed by atoms with Crippen LogP contribution in [-0.4, -0.2) is 38.0 Å². The highest BCUT2D eigenvalue weighted by atomic mass is 16.5. The van der Waals surface area contributed by atoms with Gasteiger partial charge in [-0.25, -0.2) is 0 Å². The van der Waals surface area contributed by atoms with Crippen molar-refractivity contribution in [1.29, 1.82) is 0 Å². The monoisotopic (exact) mass is 302 g/mol. The number of hydrogen-bond donors (Lipinski definition) is 0. The predicted octanol–water partition coefficient (Wildman–Crippen LogP) is 2.58. The molecular formula is C17H18O5. The predicted molar refractivity (Wildman–Crippen MR) is 79.9 cm³/mol. The molecule has 2 aliphatic rings. The molecule has 3 rings (SSSR count). The lowest BCUT2D eigenvalue weighted by atomic mass is 9.78. The zero-order valence-electron chi connectivity index (χ0n) is 13.1. The van der Waals surface area contributed by atoms with Gasteiger partial charge in [0.25, 0.3) is 0 Å². The van der Waals surface area contributed by atoms with Crippen molar-refractivity contribution in [1.82, 2.24) is 0 Å². The number of ether oxygens (including phenoxy) is 3. The first-order valence-corrected chi connectivity index (χ1v) is 7.21. The molecule has 0 amide bonds. The molecule has 0 N–H and O–H groups in total. The fourth-order valence-electron chi connectivity index (χ4n) is 3.22. The van der Waals surface area contributed by atoms with Gasteiger partial charge in [0, 0.05) is 29.2 Å².